The largest absolute Gasteiger partial charge is 0.446 e. The van der Waals surface area contributed by atoms with E-state index in [9.17, 15) is 4.79 Å². The standard InChI is InChI=1S/C17H15ClN3O3P/c1-17(25)23-13-7-11-12(8-14(13)24-17)20-16(19-11)21-15(22)6-9-3-2-4-10(18)5-9/h2-5,7-8H,6,25H2,1H3,(H2,19,20,21,22). The molecule has 2 N–H and O–H groups in total. The molecule has 128 valence electrons. The minimum atomic E-state index is -0.769. The van der Waals surface area contributed by atoms with Gasteiger partial charge in [-0.1, -0.05) is 23.7 Å². The number of aromatic nitrogens is 2. The highest BCUT2D eigenvalue weighted by Crippen LogP contribution is 2.43. The van der Waals surface area contributed by atoms with Crippen LogP contribution in [0.25, 0.3) is 11.0 Å². The number of hydrogen-bond acceptors (Lipinski definition) is 4. The lowest BCUT2D eigenvalue weighted by Crippen LogP contribution is -2.25. The molecule has 0 fully saturated rings. The van der Waals surface area contributed by atoms with Gasteiger partial charge in [-0.3, -0.25) is 10.1 Å². The molecule has 0 radical (unpaired) electrons. The van der Waals surface area contributed by atoms with Crippen molar-refractivity contribution in [1.29, 1.82) is 0 Å². The van der Waals surface area contributed by atoms with E-state index in [1.165, 1.54) is 0 Å². The lowest BCUT2D eigenvalue weighted by atomic mass is 10.1. The second-order valence-corrected chi connectivity index (χ2v) is 7.46. The van der Waals surface area contributed by atoms with Gasteiger partial charge in [0.05, 0.1) is 17.5 Å². The van der Waals surface area contributed by atoms with Crippen LogP contribution in [0.5, 0.6) is 11.5 Å². The number of carbonyl (C=O) groups excluding carboxylic acids is 1. The van der Waals surface area contributed by atoms with Gasteiger partial charge in [-0.2, -0.15) is 0 Å². The zero-order chi connectivity index (χ0) is 17.6. The molecule has 2 unspecified atom stereocenters. The van der Waals surface area contributed by atoms with Crippen LogP contribution in [-0.4, -0.2) is 21.4 Å². The van der Waals surface area contributed by atoms with Crippen molar-refractivity contribution in [3.05, 3.63) is 47.0 Å². The average Bonchev–Trinajstić information content (AvgIpc) is 3.00. The molecule has 6 nitrogen and oxygen atoms in total. The first kappa shape index (κ1) is 16.2. The molecule has 0 spiro atoms. The topological polar surface area (TPSA) is 76.2 Å². The highest BCUT2D eigenvalue weighted by molar-refractivity contribution is 7.18. The number of ether oxygens (including phenoxy) is 2. The number of H-pyrrole nitrogens is 1. The molecule has 1 aromatic heterocycles. The lowest BCUT2D eigenvalue weighted by molar-refractivity contribution is -0.115. The van der Waals surface area contributed by atoms with Crippen molar-refractivity contribution in [2.75, 3.05) is 5.32 Å². The van der Waals surface area contributed by atoms with Crippen LogP contribution in [0.3, 0.4) is 0 Å². The Morgan fingerprint density at radius 3 is 2.84 bits per heavy atom. The van der Waals surface area contributed by atoms with Crippen molar-refractivity contribution in [2.24, 2.45) is 0 Å². The molecule has 0 aliphatic carbocycles. The van der Waals surface area contributed by atoms with Crippen LogP contribution in [0.2, 0.25) is 5.02 Å². The Morgan fingerprint density at radius 1 is 1.32 bits per heavy atom. The van der Waals surface area contributed by atoms with Crippen LogP contribution >= 0.6 is 20.8 Å². The van der Waals surface area contributed by atoms with Gasteiger partial charge < -0.3 is 14.5 Å². The first-order valence-corrected chi connectivity index (χ1v) is 8.58. The van der Waals surface area contributed by atoms with E-state index >= 15 is 0 Å². The zero-order valence-electron chi connectivity index (χ0n) is 13.3. The Labute approximate surface area is 151 Å². The SMILES string of the molecule is CC1(P)Oc2cc3nc(NC(=O)Cc4cccc(Cl)c4)[nH]c3cc2O1. The van der Waals surface area contributed by atoms with E-state index in [0.717, 1.165) is 11.1 Å². The van der Waals surface area contributed by atoms with E-state index in [4.69, 9.17) is 21.1 Å². The van der Waals surface area contributed by atoms with Crippen molar-refractivity contribution >= 4 is 43.7 Å². The number of imidazole rings is 1. The number of anilines is 1. The second-order valence-electron chi connectivity index (χ2n) is 5.98. The van der Waals surface area contributed by atoms with Crippen LogP contribution < -0.4 is 14.8 Å². The summed E-state index contributed by atoms with van der Waals surface area (Å²) in [6.45, 7) is 1.81. The van der Waals surface area contributed by atoms with Gasteiger partial charge in [0.1, 0.15) is 0 Å². The van der Waals surface area contributed by atoms with Crippen molar-refractivity contribution in [1.82, 2.24) is 9.97 Å². The van der Waals surface area contributed by atoms with E-state index in [1.54, 1.807) is 31.2 Å². The van der Waals surface area contributed by atoms with Crippen molar-refractivity contribution in [3.63, 3.8) is 0 Å². The molecule has 2 heterocycles. The lowest BCUT2D eigenvalue weighted by Gasteiger charge is -2.15. The minimum Gasteiger partial charge on any atom is -0.446 e. The van der Waals surface area contributed by atoms with Gasteiger partial charge in [-0.25, -0.2) is 4.98 Å². The molecule has 25 heavy (non-hydrogen) atoms. The Morgan fingerprint density at radius 2 is 2.08 bits per heavy atom. The summed E-state index contributed by atoms with van der Waals surface area (Å²) in [4.78, 5) is 19.6. The van der Waals surface area contributed by atoms with Crippen LogP contribution in [0.1, 0.15) is 12.5 Å². The molecular formula is C17H15ClN3O3P. The van der Waals surface area contributed by atoms with E-state index < -0.39 is 5.53 Å². The number of aromatic amines is 1. The number of nitrogens with one attached hydrogen (secondary N) is 2. The first-order chi connectivity index (χ1) is 11.9. The molecule has 0 saturated carbocycles. The number of benzene rings is 2. The molecule has 3 aromatic rings. The summed E-state index contributed by atoms with van der Waals surface area (Å²) in [6.07, 6.45) is 0.214. The number of halogens is 1. The first-order valence-electron chi connectivity index (χ1n) is 7.63. The maximum Gasteiger partial charge on any atom is 0.260 e. The molecule has 8 heteroatoms. The maximum absolute atomic E-state index is 12.2. The van der Waals surface area contributed by atoms with E-state index in [0.29, 0.717) is 28.0 Å². The van der Waals surface area contributed by atoms with Crippen molar-refractivity contribution in [3.8, 4) is 11.5 Å². The summed E-state index contributed by atoms with van der Waals surface area (Å²) in [7, 11) is 2.50. The van der Waals surface area contributed by atoms with E-state index in [2.05, 4.69) is 24.5 Å². The summed E-state index contributed by atoms with van der Waals surface area (Å²) in [5.74, 6) is 1.44. The van der Waals surface area contributed by atoms with Gasteiger partial charge in [0.15, 0.2) is 11.5 Å². The van der Waals surface area contributed by atoms with Gasteiger partial charge in [0.2, 0.25) is 11.9 Å². The monoisotopic (exact) mass is 375 g/mol. The van der Waals surface area contributed by atoms with E-state index in [1.807, 2.05) is 12.1 Å². The number of carbonyl (C=O) groups is 1. The molecule has 1 aliphatic rings. The summed E-state index contributed by atoms with van der Waals surface area (Å²) in [5, 5.41) is 3.36. The van der Waals surface area contributed by atoms with Gasteiger partial charge in [0, 0.05) is 24.1 Å². The van der Waals surface area contributed by atoms with Gasteiger partial charge in [-0.05, 0) is 26.9 Å². The number of rotatable bonds is 3. The minimum absolute atomic E-state index is 0.182. The van der Waals surface area contributed by atoms with Gasteiger partial charge in [0.25, 0.3) is 5.53 Å². The number of nitrogens with zero attached hydrogens (tertiary/aromatic N) is 1. The summed E-state index contributed by atoms with van der Waals surface area (Å²) in [6, 6.07) is 10.8. The molecule has 2 aromatic carbocycles. The fourth-order valence-electron chi connectivity index (χ4n) is 2.70. The third-order valence-corrected chi connectivity index (χ3v) is 4.15. The normalized spacial score (nSPS) is 14.7. The number of fused-ring (bicyclic) bond motifs is 2. The average molecular weight is 376 g/mol. The predicted octanol–water partition coefficient (Wildman–Crippen LogP) is 3.72. The summed E-state index contributed by atoms with van der Waals surface area (Å²) in [5.41, 5.74) is 1.50. The van der Waals surface area contributed by atoms with Crippen molar-refractivity contribution < 1.29 is 14.3 Å². The van der Waals surface area contributed by atoms with Crippen LogP contribution in [-0.2, 0) is 11.2 Å². The van der Waals surface area contributed by atoms with Crippen molar-refractivity contribution in [2.45, 2.75) is 18.9 Å². The quantitative estimate of drug-likeness (QED) is 0.684. The molecule has 0 saturated heterocycles. The van der Waals surface area contributed by atoms with Gasteiger partial charge in [-0.15, -0.1) is 0 Å². The highest BCUT2D eigenvalue weighted by Gasteiger charge is 2.32. The Kier molecular flexibility index (Phi) is 3.82. The van der Waals surface area contributed by atoms with Crippen LogP contribution in [0.15, 0.2) is 36.4 Å². The molecule has 2 atom stereocenters. The molecule has 0 bridgehead atoms. The summed E-state index contributed by atoms with van der Waals surface area (Å²) >= 11 is 5.94. The number of amides is 1. The molecule has 4 rings (SSSR count). The third-order valence-electron chi connectivity index (χ3n) is 3.68. The Balaban J connectivity index is 1.52. The maximum atomic E-state index is 12.2. The van der Waals surface area contributed by atoms with E-state index in [-0.39, 0.29) is 12.3 Å². The smallest absolute Gasteiger partial charge is 0.260 e. The fourth-order valence-corrected chi connectivity index (χ4v) is 3.17. The fraction of sp³-hybridized carbons (Fsp3) is 0.176. The van der Waals surface area contributed by atoms with Gasteiger partial charge >= 0.3 is 0 Å². The Hall–Kier alpha value is -2.30. The number of hydrogen-bond donors (Lipinski definition) is 2. The summed E-state index contributed by atoms with van der Waals surface area (Å²) < 4.78 is 11.3. The van der Waals surface area contributed by atoms with Crippen LogP contribution in [0.4, 0.5) is 5.95 Å². The molecule has 1 amide bonds. The molecule has 1 aliphatic heterocycles. The molecular weight excluding hydrogens is 361 g/mol. The van der Waals surface area contributed by atoms with Crippen LogP contribution in [0, 0.1) is 0 Å². The second kappa shape index (κ2) is 5.90. The third kappa shape index (κ3) is 3.41. The highest BCUT2D eigenvalue weighted by atomic mass is 35.5. The zero-order valence-corrected chi connectivity index (χ0v) is 15.2. The Bertz CT molecular complexity index is 941. The predicted molar refractivity (Wildman–Crippen MR) is 99.3 cm³/mol.